The number of alkyl carbamates (subject to hydrolysis) is 1. The molecule has 30 heavy (non-hydrogen) atoms. The lowest BCUT2D eigenvalue weighted by molar-refractivity contribution is -0.137. The van der Waals surface area contributed by atoms with Crippen LogP contribution in [0, 0.1) is 0 Å². The Morgan fingerprint density at radius 2 is 1.63 bits per heavy atom. The first-order valence-electron chi connectivity index (χ1n) is 9.70. The van der Waals surface area contributed by atoms with Crippen molar-refractivity contribution >= 4 is 23.6 Å². The first-order chi connectivity index (χ1) is 13.7. The van der Waals surface area contributed by atoms with Crippen LogP contribution in [-0.2, 0) is 14.3 Å². The van der Waals surface area contributed by atoms with Gasteiger partial charge in [0, 0.05) is 0 Å². The van der Waals surface area contributed by atoms with E-state index in [0.717, 1.165) is 0 Å². The summed E-state index contributed by atoms with van der Waals surface area (Å²) in [6, 6.07) is 5.97. The second kappa shape index (κ2) is 10.8. The molecule has 0 saturated heterocycles. The van der Waals surface area contributed by atoms with Gasteiger partial charge in [0.2, 0.25) is 5.90 Å². The molecule has 0 aromatic heterocycles. The number of nitrogens with one attached hydrogen (secondary N) is 1. The van der Waals surface area contributed by atoms with Crippen LogP contribution in [0.5, 0.6) is 5.75 Å². The number of carboxylic acid groups (broad SMARTS) is 1. The Morgan fingerprint density at radius 1 is 1.07 bits per heavy atom. The Kier molecular flexibility index (Phi) is 9.10. The summed E-state index contributed by atoms with van der Waals surface area (Å²) in [6.45, 7) is 11.4. The fourth-order valence-electron chi connectivity index (χ4n) is 2.15. The molecule has 1 atom stereocenters. The van der Waals surface area contributed by atoms with Crippen molar-refractivity contribution in [1.29, 1.82) is 0 Å². The summed E-state index contributed by atoms with van der Waals surface area (Å²) in [5, 5.41) is 11.6. The zero-order valence-corrected chi connectivity index (χ0v) is 18.5. The Morgan fingerprint density at radius 3 is 2.13 bits per heavy atom. The number of benzene rings is 1. The molecule has 0 heterocycles. The van der Waals surface area contributed by atoms with Crippen LogP contribution in [0.2, 0.25) is 0 Å². The van der Waals surface area contributed by atoms with E-state index >= 15 is 0 Å². The number of amides is 1. The standard InChI is InChI=1S/C21H33N3O6/c1-20(2,3)29-18(16(22)13-17(25)26)24-14-7-9-15(10-8-14)28-12-11-23-19(27)30-21(4,5)6/h7-10,16H,11-13,22H2,1-6H3,(H,23,27)(H,25,26)/t16-/m0/s1. The Labute approximate surface area is 177 Å². The third-order valence-electron chi connectivity index (χ3n) is 3.24. The summed E-state index contributed by atoms with van der Waals surface area (Å²) in [7, 11) is 0. The number of nitrogens with zero attached hydrogens (tertiary/aromatic N) is 1. The molecule has 0 aliphatic carbocycles. The number of rotatable bonds is 8. The zero-order valence-electron chi connectivity index (χ0n) is 18.5. The second-order valence-electron chi connectivity index (χ2n) is 8.64. The van der Waals surface area contributed by atoms with Crippen molar-refractivity contribution in [3.05, 3.63) is 24.3 Å². The summed E-state index contributed by atoms with van der Waals surface area (Å²) in [5.74, 6) is -0.287. The molecule has 0 aliphatic rings. The average Bonchev–Trinajstić information content (AvgIpc) is 2.56. The van der Waals surface area contributed by atoms with Crippen LogP contribution in [0.3, 0.4) is 0 Å². The maximum atomic E-state index is 11.6. The molecule has 0 radical (unpaired) electrons. The van der Waals surface area contributed by atoms with Gasteiger partial charge in [0.15, 0.2) is 0 Å². The molecule has 0 saturated carbocycles. The highest BCUT2D eigenvalue weighted by atomic mass is 16.6. The van der Waals surface area contributed by atoms with Gasteiger partial charge in [-0.15, -0.1) is 0 Å². The van der Waals surface area contributed by atoms with E-state index in [9.17, 15) is 9.59 Å². The molecule has 9 nitrogen and oxygen atoms in total. The van der Waals surface area contributed by atoms with E-state index in [1.807, 2.05) is 20.8 Å². The molecule has 0 spiro atoms. The third-order valence-corrected chi connectivity index (χ3v) is 3.24. The van der Waals surface area contributed by atoms with E-state index in [0.29, 0.717) is 18.0 Å². The van der Waals surface area contributed by atoms with E-state index in [4.69, 9.17) is 25.1 Å². The summed E-state index contributed by atoms with van der Waals surface area (Å²) in [4.78, 5) is 26.9. The summed E-state index contributed by atoms with van der Waals surface area (Å²) >= 11 is 0. The van der Waals surface area contributed by atoms with Gasteiger partial charge >= 0.3 is 12.1 Å². The molecular weight excluding hydrogens is 390 g/mol. The number of hydrogen-bond acceptors (Lipinski definition) is 7. The lowest BCUT2D eigenvalue weighted by atomic mass is 10.1. The largest absolute Gasteiger partial charge is 0.492 e. The van der Waals surface area contributed by atoms with Gasteiger partial charge in [0.25, 0.3) is 0 Å². The van der Waals surface area contributed by atoms with Gasteiger partial charge in [-0.2, -0.15) is 0 Å². The number of ether oxygens (including phenoxy) is 3. The maximum absolute atomic E-state index is 11.6. The smallest absolute Gasteiger partial charge is 0.407 e. The highest BCUT2D eigenvalue weighted by Gasteiger charge is 2.22. The van der Waals surface area contributed by atoms with E-state index in [2.05, 4.69) is 10.3 Å². The first kappa shape index (κ1) is 25.2. The number of nitrogens with two attached hydrogens (primary N) is 1. The minimum Gasteiger partial charge on any atom is -0.492 e. The number of hydrogen-bond donors (Lipinski definition) is 3. The van der Waals surface area contributed by atoms with E-state index in [1.165, 1.54) is 0 Å². The fourth-order valence-corrected chi connectivity index (χ4v) is 2.15. The van der Waals surface area contributed by atoms with Crippen molar-refractivity contribution in [1.82, 2.24) is 5.32 Å². The van der Waals surface area contributed by atoms with Crippen molar-refractivity contribution in [2.45, 2.75) is 65.2 Å². The predicted octanol–water partition coefficient (Wildman–Crippen LogP) is 3.24. The minimum atomic E-state index is -1.03. The van der Waals surface area contributed by atoms with Crippen LogP contribution in [-0.4, -0.2) is 53.5 Å². The Bertz CT molecular complexity index is 733. The molecular formula is C21H33N3O6. The summed E-state index contributed by atoms with van der Waals surface area (Å²) in [5.41, 5.74) is 5.37. The zero-order chi connectivity index (χ0) is 22.9. The van der Waals surface area contributed by atoms with Gasteiger partial charge < -0.3 is 30.4 Å². The van der Waals surface area contributed by atoms with Crippen molar-refractivity contribution in [2.24, 2.45) is 10.7 Å². The molecule has 0 unspecified atom stereocenters. The molecule has 4 N–H and O–H groups in total. The van der Waals surface area contributed by atoms with Gasteiger partial charge in [-0.1, -0.05) is 0 Å². The summed E-state index contributed by atoms with van der Waals surface area (Å²) < 4.78 is 16.5. The number of carbonyl (C=O) groups is 2. The Balaban J connectivity index is 2.67. The molecule has 1 amide bonds. The molecule has 0 fully saturated rings. The van der Waals surface area contributed by atoms with Gasteiger partial charge in [-0.3, -0.25) is 4.79 Å². The average molecular weight is 424 g/mol. The number of carboxylic acids is 1. The van der Waals surface area contributed by atoms with Crippen molar-refractivity contribution in [3.8, 4) is 5.75 Å². The normalized spacial score (nSPS) is 13.4. The van der Waals surface area contributed by atoms with Crippen LogP contribution < -0.4 is 15.8 Å². The van der Waals surface area contributed by atoms with Gasteiger partial charge in [0.1, 0.15) is 23.6 Å². The predicted molar refractivity (Wildman–Crippen MR) is 114 cm³/mol. The van der Waals surface area contributed by atoms with Crippen LogP contribution in [0.4, 0.5) is 10.5 Å². The van der Waals surface area contributed by atoms with Crippen molar-refractivity contribution < 1.29 is 28.9 Å². The van der Waals surface area contributed by atoms with Crippen LogP contribution in [0.25, 0.3) is 0 Å². The first-order valence-corrected chi connectivity index (χ1v) is 9.70. The monoisotopic (exact) mass is 423 g/mol. The molecule has 1 rings (SSSR count). The molecule has 1 aromatic rings. The quantitative estimate of drug-likeness (QED) is 0.332. The highest BCUT2D eigenvalue weighted by molar-refractivity contribution is 5.88. The van der Waals surface area contributed by atoms with Crippen molar-refractivity contribution in [2.75, 3.05) is 13.2 Å². The van der Waals surface area contributed by atoms with Gasteiger partial charge in [-0.25, -0.2) is 9.79 Å². The molecule has 168 valence electrons. The van der Waals surface area contributed by atoms with Crippen molar-refractivity contribution in [3.63, 3.8) is 0 Å². The summed E-state index contributed by atoms with van der Waals surface area (Å²) in [6.07, 6.45) is -0.791. The highest BCUT2D eigenvalue weighted by Crippen LogP contribution is 2.20. The van der Waals surface area contributed by atoms with Gasteiger partial charge in [0.05, 0.1) is 24.7 Å². The van der Waals surface area contributed by atoms with E-state index in [-0.39, 0.29) is 18.9 Å². The number of carbonyl (C=O) groups excluding carboxylic acids is 1. The minimum absolute atomic E-state index is 0.153. The SMILES string of the molecule is CC(C)(C)OC(=O)NCCOc1ccc(N=C(OC(C)(C)C)[C@@H](N)CC(=O)O)cc1. The number of aliphatic carboxylic acids is 1. The third kappa shape index (κ3) is 11.3. The lowest BCUT2D eigenvalue weighted by Gasteiger charge is -2.25. The van der Waals surface area contributed by atoms with Crippen LogP contribution in [0.1, 0.15) is 48.0 Å². The van der Waals surface area contributed by atoms with Crippen LogP contribution in [0.15, 0.2) is 29.3 Å². The lowest BCUT2D eigenvalue weighted by Crippen LogP contribution is -2.39. The van der Waals surface area contributed by atoms with E-state index in [1.54, 1.807) is 45.0 Å². The second-order valence-corrected chi connectivity index (χ2v) is 8.64. The fraction of sp³-hybridized carbons (Fsp3) is 0.571. The Hall–Kier alpha value is -2.81. The van der Waals surface area contributed by atoms with E-state index < -0.39 is 29.3 Å². The molecule has 0 aliphatic heterocycles. The topological polar surface area (TPSA) is 132 Å². The maximum Gasteiger partial charge on any atom is 0.407 e. The number of aliphatic imine (C=N–C) groups is 1. The van der Waals surface area contributed by atoms with Gasteiger partial charge in [-0.05, 0) is 65.8 Å². The molecule has 9 heteroatoms. The molecule has 0 bridgehead atoms. The van der Waals surface area contributed by atoms with Crippen LogP contribution >= 0.6 is 0 Å². The molecule has 1 aromatic carbocycles.